The average molecular weight is 775 g/mol. The third-order valence-corrected chi connectivity index (χ3v) is 10.1. The highest BCUT2D eigenvalue weighted by molar-refractivity contribution is 5.91. The Bertz CT molecular complexity index is 2400. The molecule has 294 valence electrons. The molecule has 0 saturated heterocycles. The maximum atomic E-state index is 10.9. The van der Waals surface area contributed by atoms with Crippen molar-refractivity contribution in [2.24, 2.45) is 0 Å². The summed E-state index contributed by atoms with van der Waals surface area (Å²) in [5, 5.41) is 43.1. The molecule has 0 aliphatic heterocycles. The molecule has 12 heteroatoms. The molecule has 0 spiro atoms. The fraction of sp³-hybridized carbons (Fsp3) is 0.217. The number of ether oxygens (including phenoxy) is 2. The van der Waals surface area contributed by atoms with Gasteiger partial charge in [0.15, 0.2) is 46.3 Å². The molecule has 8 rings (SSSR count). The topological polar surface area (TPSA) is 144 Å². The van der Waals surface area contributed by atoms with E-state index in [2.05, 4.69) is 31.2 Å². The van der Waals surface area contributed by atoms with Gasteiger partial charge in [-0.05, 0) is 60.0 Å². The van der Waals surface area contributed by atoms with Crippen LogP contribution in [0.3, 0.4) is 0 Å². The van der Waals surface area contributed by atoms with Gasteiger partial charge in [0.1, 0.15) is 13.2 Å². The first-order chi connectivity index (χ1) is 28.6. The summed E-state index contributed by atoms with van der Waals surface area (Å²) in [6.07, 6.45) is 7.75. The third-order valence-electron chi connectivity index (χ3n) is 10.1. The molecule has 0 bridgehead atoms. The number of unbranched alkanes of at least 4 members (excludes halogenated alkanes) is 5. The van der Waals surface area contributed by atoms with Gasteiger partial charge >= 0.3 is 0 Å². The van der Waals surface area contributed by atoms with Crippen LogP contribution in [0.25, 0.3) is 21.5 Å². The highest BCUT2D eigenvalue weighted by Gasteiger charge is 2.17. The highest BCUT2D eigenvalue weighted by Crippen LogP contribution is 2.36. The Balaban J connectivity index is 0.839. The van der Waals surface area contributed by atoms with Crippen LogP contribution in [0.1, 0.15) is 61.8 Å². The van der Waals surface area contributed by atoms with E-state index in [-0.39, 0.29) is 24.7 Å². The summed E-state index contributed by atoms with van der Waals surface area (Å²) in [6.45, 7) is 0.270. The molecule has 0 saturated carbocycles. The van der Waals surface area contributed by atoms with Gasteiger partial charge in [0, 0.05) is 23.6 Å². The molecule has 0 amide bonds. The first-order valence-corrected chi connectivity index (χ1v) is 19.8. The maximum absolute atomic E-state index is 10.9. The standard InChI is InChI=1S/C46H46N8O4/c55-45-37-23-15-13-17-33(37)27-29-39(45)57-31-43-49-47-41(53(43)51-35-19-7-5-8-20-35)25-11-3-1-2-4-12-26-42-48-50-44(54(42)52-36-21-9-6-10-22-36)32-58-40-30-28-34-18-14-16-24-38(34)46(40)56/h5-10,13-24,27-30,51-52,55-56H,1-4,11-12,25-26,31-32H2. The zero-order valence-electron chi connectivity index (χ0n) is 32.2. The van der Waals surface area contributed by atoms with Crippen LogP contribution < -0.4 is 20.3 Å². The number of phenolic OH excluding ortho intramolecular Hbond substituents is 2. The lowest BCUT2D eigenvalue weighted by Gasteiger charge is -2.14. The number of anilines is 2. The molecule has 12 nitrogen and oxygen atoms in total. The molecule has 2 aromatic heterocycles. The molecular weight excluding hydrogens is 729 g/mol. The predicted octanol–water partition coefficient (Wildman–Crippen LogP) is 9.62. The molecule has 6 aromatic carbocycles. The third kappa shape index (κ3) is 8.97. The molecular formula is C46H46N8O4. The van der Waals surface area contributed by atoms with Crippen LogP contribution in [0, 0.1) is 0 Å². The van der Waals surface area contributed by atoms with E-state index >= 15 is 0 Å². The van der Waals surface area contributed by atoms with Crippen molar-refractivity contribution in [2.45, 2.75) is 64.6 Å². The van der Waals surface area contributed by atoms with Crippen molar-refractivity contribution in [2.75, 3.05) is 10.9 Å². The number of rotatable bonds is 19. The number of fused-ring (bicyclic) bond motifs is 2. The fourth-order valence-corrected chi connectivity index (χ4v) is 7.02. The van der Waals surface area contributed by atoms with Gasteiger partial charge in [0.05, 0.1) is 11.4 Å². The number of aromatic hydroxyl groups is 2. The van der Waals surface area contributed by atoms with Gasteiger partial charge in [-0.3, -0.25) is 10.9 Å². The predicted molar refractivity (Wildman–Crippen MR) is 226 cm³/mol. The number of nitrogens with one attached hydrogen (secondary N) is 2. The first-order valence-electron chi connectivity index (χ1n) is 19.8. The molecule has 8 aromatic rings. The summed E-state index contributed by atoms with van der Waals surface area (Å²) >= 11 is 0. The largest absolute Gasteiger partial charge is 0.504 e. The van der Waals surface area contributed by atoms with E-state index < -0.39 is 0 Å². The number of phenols is 2. The number of para-hydroxylation sites is 2. The Hall–Kier alpha value is -7.08. The fourth-order valence-electron chi connectivity index (χ4n) is 7.02. The van der Waals surface area contributed by atoms with E-state index in [9.17, 15) is 10.2 Å². The van der Waals surface area contributed by atoms with Crippen molar-refractivity contribution in [3.63, 3.8) is 0 Å². The summed E-state index contributed by atoms with van der Waals surface area (Å²) in [5.41, 5.74) is 8.72. The molecule has 0 unspecified atom stereocenters. The van der Waals surface area contributed by atoms with Crippen molar-refractivity contribution in [1.29, 1.82) is 0 Å². The van der Waals surface area contributed by atoms with Crippen LogP contribution in [0.4, 0.5) is 11.4 Å². The molecule has 2 heterocycles. The van der Waals surface area contributed by atoms with Crippen LogP contribution in [0.15, 0.2) is 133 Å². The van der Waals surface area contributed by atoms with Crippen LogP contribution in [-0.4, -0.2) is 40.0 Å². The molecule has 58 heavy (non-hydrogen) atoms. The van der Waals surface area contributed by atoms with Gasteiger partial charge in [-0.2, -0.15) is 0 Å². The van der Waals surface area contributed by atoms with E-state index in [4.69, 9.17) is 9.47 Å². The van der Waals surface area contributed by atoms with Crippen molar-refractivity contribution in [3.05, 3.63) is 157 Å². The SMILES string of the molecule is Oc1c(OCc2nnc(CCCCCCCCc3nnc(COc4ccc5ccccc5c4O)n3Nc3ccccc3)n2Nc2ccccc2)ccc2ccccc12. The minimum absolute atomic E-state index is 0.111. The van der Waals surface area contributed by atoms with Gasteiger partial charge in [-0.1, -0.05) is 123 Å². The van der Waals surface area contributed by atoms with Crippen LogP contribution >= 0.6 is 0 Å². The van der Waals surface area contributed by atoms with E-state index in [1.165, 1.54) is 0 Å². The first kappa shape index (κ1) is 37.8. The smallest absolute Gasteiger partial charge is 0.190 e. The van der Waals surface area contributed by atoms with E-state index in [1.54, 1.807) is 12.1 Å². The van der Waals surface area contributed by atoms with Crippen molar-refractivity contribution in [3.8, 4) is 23.0 Å². The minimum Gasteiger partial charge on any atom is -0.504 e. The Morgan fingerprint density at radius 2 is 0.793 bits per heavy atom. The number of nitrogens with zero attached hydrogens (tertiary/aromatic N) is 6. The van der Waals surface area contributed by atoms with Crippen molar-refractivity contribution < 1.29 is 19.7 Å². The van der Waals surface area contributed by atoms with Crippen LogP contribution in [0.2, 0.25) is 0 Å². The molecule has 0 atom stereocenters. The number of benzene rings is 6. The number of hydrogen-bond acceptors (Lipinski definition) is 10. The second-order valence-corrected chi connectivity index (χ2v) is 14.2. The van der Waals surface area contributed by atoms with Crippen LogP contribution in [0.5, 0.6) is 23.0 Å². The quantitative estimate of drug-likeness (QED) is 0.0587. The Labute approximate surface area is 336 Å². The summed E-state index contributed by atoms with van der Waals surface area (Å²) in [4.78, 5) is 0. The molecule has 0 fully saturated rings. The van der Waals surface area contributed by atoms with E-state index in [0.29, 0.717) is 23.1 Å². The maximum Gasteiger partial charge on any atom is 0.190 e. The number of hydrogen-bond donors (Lipinski definition) is 4. The Morgan fingerprint density at radius 3 is 1.24 bits per heavy atom. The van der Waals surface area contributed by atoms with Gasteiger partial charge in [-0.15, -0.1) is 20.4 Å². The monoisotopic (exact) mass is 774 g/mol. The molecule has 0 aliphatic carbocycles. The zero-order valence-corrected chi connectivity index (χ0v) is 32.2. The Morgan fingerprint density at radius 1 is 0.414 bits per heavy atom. The zero-order chi connectivity index (χ0) is 39.5. The van der Waals surface area contributed by atoms with Crippen molar-refractivity contribution in [1.82, 2.24) is 29.7 Å². The lowest BCUT2D eigenvalue weighted by Crippen LogP contribution is -2.18. The number of aryl methyl sites for hydroxylation is 2. The van der Waals surface area contributed by atoms with E-state index in [1.807, 2.05) is 131 Å². The second-order valence-electron chi connectivity index (χ2n) is 14.2. The van der Waals surface area contributed by atoms with E-state index in [0.717, 1.165) is 95.9 Å². The number of aromatic nitrogens is 6. The summed E-state index contributed by atoms with van der Waals surface area (Å²) in [7, 11) is 0. The summed E-state index contributed by atoms with van der Waals surface area (Å²) in [5.74, 6) is 3.90. The molecule has 4 N–H and O–H groups in total. The Kier molecular flexibility index (Phi) is 11.9. The lowest BCUT2D eigenvalue weighted by atomic mass is 10.1. The van der Waals surface area contributed by atoms with Gasteiger partial charge in [0.25, 0.3) is 0 Å². The average Bonchev–Trinajstić information content (AvgIpc) is 3.83. The lowest BCUT2D eigenvalue weighted by molar-refractivity contribution is 0.278. The van der Waals surface area contributed by atoms with Gasteiger partial charge in [0.2, 0.25) is 0 Å². The second kappa shape index (κ2) is 18.2. The van der Waals surface area contributed by atoms with Crippen molar-refractivity contribution >= 4 is 32.9 Å². The summed E-state index contributed by atoms with van der Waals surface area (Å²) < 4.78 is 16.0. The van der Waals surface area contributed by atoms with Gasteiger partial charge in [-0.25, -0.2) is 9.35 Å². The van der Waals surface area contributed by atoms with Gasteiger partial charge < -0.3 is 19.7 Å². The molecule has 0 aliphatic rings. The normalized spacial score (nSPS) is 11.2. The summed E-state index contributed by atoms with van der Waals surface area (Å²) in [6, 6.07) is 42.6. The highest BCUT2D eigenvalue weighted by atomic mass is 16.5. The molecule has 0 radical (unpaired) electrons. The van der Waals surface area contributed by atoms with Crippen LogP contribution in [-0.2, 0) is 26.1 Å². The minimum atomic E-state index is 0.111.